The topological polar surface area (TPSA) is 36.8 Å². The predicted molar refractivity (Wildman–Crippen MR) is 164 cm³/mol. The van der Waals surface area contributed by atoms with Crippen molar-refractivity contribution in [3.05, 3.63) is 96.3 Å². The van der Waals surface area contributed by atoms with E-state index in [1.165, 1.54) is 33.4 Å². The number of nitrogens with one attached hydrogen (secondary N) is 1. The van der Waals surface area contributed by atoms with Gasteiger partial charge in [0.25, 0.3) is 0 Å². The van der Waals surface area contributed by atoms with Crippen LogP contribution in [0.3, 0.4) is 0 Å². The molecule has 3 nitrogen and oxygen atoms in total. The quantitative estimate of drug-likeness (QED) is 0.202. The van der Waals surface area contributed by atoms with E-state index in [0.29, 0.717) is 18.1 Å². The minimum atomic E-state index is 0.697. The van der Waals surface area contributed by atoms with Crippen molar-refractivity contribution in [2.75, 3.05) is 7.05 Å². The Hall–Kier alpha value is -2.94. The van der Waals surface area contributed by atoms with E-state index in [1.54, 1.807) is 13.1 Å². The van der Waals surface area contributed by atoms with Crippen molar-refractivity contribution >= 4 is 11.5 Å². The van der Waals surface area contributed by atoms with E-state index in [2.05, 4.69) is 81.1 Å². The number of hydrogen-bond donors (Lipinski definition) is 1. The van der Waals surface area contributed by atoms with Gasteiger partial charge in [0.1, 0.15) is 5.84 Å². The molecule has 0 heterocycles. The molecule has 196 valence electrons. The average molecular weight is 480 g/mol. The normalized spacial score (nSPS) is 10.2. The van der Waals surface area contributed by atoms with Gasteiger partial charge >= 0.3 is 0 Å². The van der Waals surface area contributed by atoms with Gasteiger partial charge in [-0.3, -0.25) is 4.99 Å². The third-order valence-corrected chi connectivity index (χ3v) is 4.62. The second-order valence-electron chi connectivity index (χ2n) is 7.93. The Morgan fingerprint density at radius 2 is 1.43 bits per heavy atom. The number of nitrogens with zero attached hydrogens (tertiary/aromatic N) is 2. The van der Waals surface area contributed by atoms with E-state index in [9.17, 15) is 0 Å². The lowest BCUT2D eigenvalue weighted by atomic mass is 9.94. The molecule has 0 spiro atoms. The zero-order valence-corrected chi connectivity index (χ0v) is 24.6. The molecule has 0 radical (unpaired) electrons. The molecule has 1 N–H and O–H groups in total. The maximum atomic E-state index is 4.38. The van der Waals surface area contributed by atoms with Crippen LogP contribution < -0.4 is 5.32 Å². The van der Waals surface area contributed by atoms with Crippen molar-refractivity contribution in [1.82, 2.24) is 5.32 Å². The number of amidine groups is 1. The first-order chi connectivity index (χ1) is 16.5. The number of rotatable bonds is 10. The number of aryl methyl sites for hydroxylation is 2. The summed E-state index contributed by atoms with van der Waals surface area (Å²) < 4.78 is 0. The molecule has 0 aliphatic carbocycles. The van der Waals surface area contributed by atoms with E-state index < -0.39 is 0 Å². The number of aliphatic imine (C=N–C) groups is 2. The van der Waals surface area contributed by atoms with Crippen LogP contribution in [0.25, 0.3) is 0 Å². The van der Waals surface area contributed by atoms with E-state index in [4.69, 9.17) is 0 Å². The molecule has 0 aliphatic heterocycles. The molecule has 0 atom stereocenters. The second kappa shape index (κ2) is 22.8. The molecule has 3 heteroatoms. The highest BCUT2D eigenvalue weighted by molar-refractivity contribution is 6.12. The van der Waals surface area contributed by atoms with Crippen molar-refractivity contribution < 1.29 is 0 Å². The van der Waals surface area contributed by atoms with E-state index in [0.717, 1.165) is 25.0 Å². The summed E-state index contributed by atoms with van der Waals surface area (Å²) >= 11 is 0. The van der Waals surface area contributed by atoms with E-state index in [1.807, 2.05) is 47.6 Å². The Balaban J connectivity index is -0.000000786. The highest BCUT2D eigenvalue weighted by atomic mass is 14.9. The van der Waals surface area contributed by atoms with Crippen LogP contribution in [0.15, 0.2) is 84.0 Å². The zero-order chi connectivity index (χ0) is 28.0. The molecule has 1 aromatic rings. The third kappa shape index (κ3) is 18.1. The van der Waals surface area contributed by atoms with Crippen molar-refractivity contribution in [1.29, 1.82) is 0 Å². The van der Waals surface area contributed by atoms with Gasteiger partial charge in [-0.15, -0.1) is 13.2 Å². The Kier molecular flexibility index (Phi) is 23.9. The molecule has 1 rings (SSSR count). The lowest BCUT2D eigenvalue weighted by Gasteiger charge is -2.15. The van der Waals surface area contributed by atoms with Crippen LogP contribution in [-0.4, -0.2) is 18.6 Å². The molecular formula is C32H53N3. The predicted octanol–water partition coefficient (Wildman–Crippen LogP) is 9.28. The van der Waals surface area contributed by atoms with Gasteiger partial charge in [-0.1, -0.05) is 76.8 Å². The maximum absolute atomic E-state index is 4.38. The fourth-order valence-corrected chi connectivity index (χ4v) is 2.87. The Bertz CT molecular complexity index is 844. The van der Waals surface area contributed by atoms with Gasteiger partial charge in [0.05, 0.1) is 11.4 Å². The van der Waals surface area contributed by atoms with Crippen molar-refractivity contribution in [3.8, 4) is 0 Å². The largest absolute Gasteiger partial charge is 0.380 e. The highest BCUT2D eigenvalue weighted by Gasteiger charge is 2.07. The van der Waals surface area contributed by atoms with Gasteiger partial charge in [-0.2, -0.15) is 0 Å². The van der Waals surface area contributed by atoms with Crippen LogP contribution in [0, 0.1) is 13.8 Å². The minimum absolute atomic E-state index is 0.697. The average Bonchev–Trinajstić information content (AvgIpc) is 2.84. The summed E-state index contributed by atoms with van der Waals surface area (Å²) in [6, 6.07) is 4.43. The van der Waals surface area contributed by atoms with Gasteiger partial charge in [-0.25, -0.2) is 4.99 Å². The lowest BCUT2D eigenvalue weighted by molar-refractivity contribution is 0.843. The summed E-state index contributed by atoms with van der Waals surface area (Å²) in [5.41, 5.74) is 9.06. The molecule has 1 aromatic carbocycles. The van der Waals surface area contributed by atoms with E-state index >= 15 is 0 Å². The molecule has 0 saturated heterocycles. The highest BCUT2D eigenvalue weighted by Crippen LogP contribution is 2.19. The first kappa shape index (κ1) is 36.6. The minimum Gasteiger partial charge on any atom is -0.380 e. The van der Waals surface area contributed by atoms with Crippen LogP contribution in [0.2, 0.25) is 0 Å². The summed E-state index contributed by atoms with van der Waals surface area (Å²) in [6.45, 7) is 38.2. The van der Waals surface area contributed by atoms with Crippen LogP contribution in [0.4, 0.5) is 0 Å². The van der Waals surface area contributed by atoms with Gasteiger partial charge in [0.2, 0.25) is 0 Å². The fraction of sp³-hybridized carbons (Fsp3) is 0.438. The van der Waals surface area contributed by atoms with Crippen molar-refractivity contribution in [3.63, 3.8) is 0 Å². The molecule has 35 heavy (non-hydrogen) atoms. The first-order valence-electron chi connectivity index (χ1n) is 12.6. The Morgan fingerprint density at radius 1 is 0.914 bits per heavy atom. The lowest BCUT2D eigenvalue weighted by Crippen LogP contribution is -2.19. The van der Waals surface area contributed by atoms with Crippen LogP contribution in [0.1, 0.15) is 83.6 Å². The standard InChI is InChI=1S/C21H29N3.C7H12.2C2H6/c1-9-21(24-18(7)22-8)17(6)23-13-19-11-15(4)20(10-14(2)3)16(5)12-19;1-4-5-6-7(2)3;2*1-2/h9,11-12,23H,1-2,6,10,13H2,3-5,7-8H3;4H,1-2,5-6H2,3H3;2*1-2H3. The SMILES string of the molecule is C=CC(=NC(C)=NC)C(=C)NCc1cc(C)c(CC(=C)C)c(C)c1.C=CCCC(=C)C.CC.CC. The fourth-order valence-electron chi connectivity index (χ4n) is 2.87. The van der Waals surface area contributed by atoms with E-state index in [-0.39, 0.29) is 0 Å². The van der Waals surface area contributed by atoms with Gasteiger partial charge in [0.15, 0.2) is 0 Å². The molecule has 0 bridgehead atoms. The Labute approximate surface area is 218 Å². The summed E-state index contributed by atoms with van der Waals surface area (Å²) in [5.74, 6) is 0.698. The molecule has 0 fully saturated rings. The molecular weight excluding hydrogens is 426 g/mol. The summed E-state index contributed by atoms with van der Waals surface area (Å²) in [4.78, 5) is 8.42. The summed E-state index contributed by atoms with van der Waals surface area (Å²) in [7, 11) is 1.72. The summed E-state index contributed by atoms with van der Waals surface area (Å²) in [6.07, 6.45) is 6.69. The number of benzene rings is 1. The first-order valence-corrected chi connectivity index (χ1v) is 12.6. The summed E-state index contributed by atoms with van der Waals surface area (Å²) in [5, 5.41) is 3.33. The van der Waals surface area contributed by atoms with Crippen LogP contribution in [0.5, 0.6) is 0 Å². The smallest absolute Gasteiger partial charge is 0.120 e. The molecule has 0 aliphatic rings. The molecule has 0 saturated carbocycles. The van der Waals surface area contributed by atoms with Gasteiger partial charge in [-0.05, 0) is 82.2 Å². The van der Waals surface area contributed by atoms with Crippen molar-refractivity contribution in [2.24, 2.45) is 9.98 Å². The van der Waals surface area contributed by atoms with Gasteiger partial charge < -0.3 is 5.32 Å². The molecule has 0 aromatic heterocycles. The second-order valence-corrected chi connectivity index (χ2v) is 7.93. The third-order valence-electron chi connectivity index (χ3n) is 4.62. The number of allylic oxidation sites excluding steroid dienone is 4. The zero-order valence-electron chi connectivity index (χ0n) is 24.6. The Morgan fingerprint density at radius 3 is 1.77 bits per heavy atom. The number of hydrogen-bond acceptors (Lipinski definition) is 2. The molecule has 0 amide bonds. The van der Waals surface area contributed by atoms with Crippen LogP contribution >= 0.6 is 0 Å². The van der Waals surface area contributed by atoms with Gasteiger partial charge in [0, 0.05) is 13.6 Å². The van der Waals surface area contributed by atoms with Crippen molar-refractivity contribution in [2.45, 2.75) is 88.1 Å². The van der Waals surface area contributed by atoms with Crippen LogP contribution in [-0.2, 0) is 13.0 Å². The monoisotopic (exact) mass is 479 g/mol. The molecule has 0 unspecified atom stereocenters. The maximum Gasteiger partial charge on any atom is 0.120 e.